The van der Waals surface area contributed by atoms with Crippen LogP contribution in [-0.2, 0) is 4.79 Å². The van der Waals surface area contributed by atoms with Gasteiger partial charge in [0.25, 0.3) is 0 Å². The molecule has 1 aromatic carbocycles. The van der Waals surface area contributed by atoms with Crippen molar-refractivity contribution in [2.75, 3.05) is 4.90 Å². The first-order valence-electron chi connectivity index (χ1n) is 7.57. The molecule has 3 rings (SSSR count). The minimum atomic E-state index is -0.905. The predicted octanol–water partition coefficient (Wildman–Crippen LogP) is 4.71. The number of aromatic nitrogens is 1. The molecular weight excluding hydrogens is 368 g/mol. The molecule has 0 saturated carbocycles. The zero-order valence-corrected chi connectivity index (χ0v) is 15.0. The van der Waals surface area contributed by atoms with Crippen LogP contribution in [0.3, 0.4) is 0 Å². The number of pyridine rings is 1. The second kappa shape index (κ2) is 6.61. The summed E-state index contributed by atoms with van der Waals surface area (Å²) in [7, 11) is 0. The minimum absolute atomic E-state index is 0.275. The molecule has 0 amide bonds. The van der Waals surface area contributed by atoms with E-state index in [0.717, 1.165) is 21.4 Å². The van der Waals surface area contributed by atoms with Crippen LogP contribution in [0.4, 0.5) is 5.69 Å². The number of hydrogen-bond acceptors (Lipinski definition) is 3. The molecule has 5 heteroatoms. The standard InChI is InChI=1S/C19H17BrN2O2/c1-12-10-17(14-5-7-15(20)8-6-14)18(19(23)24)13(2)22(12)16-4-3-9-21-11-16/h3-11,17H,1-2H3,(H,23,24). The molecule has 24 heavy (non-hydrogen) atoms. The van der Waals surface area contributed by atoms with Gasteiger partial charge in [0.1, 0.15) is 0 Å². The molecule has 0 radical (unpaired) electrons. The van der Waals surface area contributed by atoms with Gasteiger partial charge in [-0.1, -0.05) is 34.1 Å². The first kappa shape index (κ1) is 16.5. The summed E-state index contributed by atoms with van der Waals surface area (Å²) in [4.78, 5) is 18.0. The summed E-state index contributed by atoms with van der Waals surface area (Å²) in [5, 5.41) is 9.81. The smallest absolute Gasteiger partial charge is 0.334 e. The lowest BCUT2D eigenvalue weighted by molar-refractivity contribution is -0.132. The second-order valence-corrected chi connectivity index (χ2v) is 6.60. The van der Waals surface area contributed by atoms with Crippen molar-refractivity contribution in [3.63, 3.8) is 0 Å². The van der Waals surface area contributed by atoms with Crippen molar-refractivity contribution in [2.45, 2.75) is 19.8 Å². The number of anilines is 1. The first-order valence-corrected chi connectivity index (χ1v) is 8.36. The Bertz CT molecular complexity index is 826. The number of hydrogen-bond donors (Lipinski definition) is 1. The van der Waals surface area contributed by atoms with Gasteiger partial charge in [0.15, 0.2) is 0 Å². The minimum Gasteiger partial charge on any atom is -0.478 e. The van der Waals surface area contributed by atoms with Crippen molar-refractivity contribution in [3.05, 3.63) is 81.9 Å². The quantitative estimate of drug-likeness (QED) is 0.832. The lowest BCUT2D eigenvalue weighted by Crippen LogP contribution is -2.29. The van der Waals surface area contributed by atoms with Crippen LogP contribution < -0.4 is 4.90 Å². The van der Waals surface area contributed by atoms with Gasteiger partial charge in [0.05, 0.1) is 17.5 Å². The second-order valence-electron chi connectivity index (χ2n) is 5.69. The Morgan fingerprint density at radius 1 is 1.21 bits per heavy atom. The van der Waals surface area contributed by atoms with Crippen LogP contribution in [0, 0.1) is 0 Å². The third kappa shape index (κ3) is 2.99. The third-order valence-electron chi connectivity index (χ3n) is 4.16. The van der Waals surface area contributed by atoms with E-state index in [0.29, 0.717) is 11.3 Å². The predicted molar refractivity (Wildman–Crippen MR) is 97.7 cm³/mol. The Morgan fingerprint density at radius 3 is 2.50 bits per heavy atom. The van der Waals surface area contributed by atoms with E-state index in [1.807, 2.05) is 61.2 Å². The normalized spacial score (nSPS) is 17.7. The van der Waals surface area contributed by atoms with Crippen molar-refractivity contribution in [1.82, 2.24) is 4.98 Å². The van der Waals surface area contributed by atoms with E-state index in [-0.39, 0.29) is 5.92 Å². The molecule has 4 nitrogen and oxygen atoms in total. The molecule has 0 fully saturated rings. The fourth-order valence-corrected chi connectivity index (χ4v) is 3.38. The maximum Gasteiger partial charge on any atom is 0.334 e. The molecular formula is C19H17BrN2O2. The Kier molecular flexibility index (Phi) is 4.53. The summed E-state index contributed by atoms with van der Waals surface area (Å²) < 4.78 is 0.970. The van der Waals surface area contributed by atoms with Crippen molar-refractivity contribution in [1.29, 1.82) is 0 Å². The van der Waals surface area contributed by atoms with Gasteiger partial charge in [-0.05, 0) is 43.7 Å². The molecule has 0 aliphatic carbocycles. The van der Waals surface area contributed by atoms with Crippen LogP contribution in [0.5, 0.6) is 0 Å². The molecule has 0 spiro atoms. The Labute approximate surface area is 149 Å². The Balaban J connectivity index is 2.12. The van der Waals surface area contributed by atoms with E-state index in [2.05, 4.69) is 20.9 Å². The fourth-order valence-electron chi connectivity index (χ4n) is 3.11. The van der Waals surface area contributed by atoms with Crippen LogP contribution in [0.15, 0.2) is 76.3 Å². The van der Waals surface area contributed by atoms with E-state index < -0.39 is 5.97 Å². The molecule has 1 aliphatic heterocycles. The van der Waals surface area contributed by atoms with Crippen LogP contribution in [0.1, 0.15) is 25.3 Å². The van der Waals surface area contributed by atoms with Gasteiger partial charge < -0.3 is 10.0 Å². The summed E-state index contributed by atoms with van der Waals surface area (Å²) >= 11 is 3.42. The van der Waals surface area contributed by atoms with Gasteiger partial charge >= 0.3 is 5.97 Å². The van der Waals surface area contributed by atoms with Gasteiger partial charge in [-0.3, -0.25) is 4.98 Å². The van der Waals surface area contributed by atoms with Crippen molar-refractivity contribution < 1.29 is 9.90 Å². The largest absolute Gasteiger partial charge is 0.478 e. The van der Waals surface area contributed by atoms with Crippen LogP contribution in [-0.4, -0.2) is 16.1 Å². The van der Waals surface area contributed by atoms with E-state index in [4.69, 9.17) is 0 Å². The summed E-state index contributed by atoms with van der Waals surface area (Å²) in [6, 6.07) is 11.5. The number of benzene rings is 1. The SMILES string of the molecule is CC1=CC(c2ccc(Br)cc2)C(C(=O)O)=C(C)N1c1cccnc1. The number of carboxylic acids is 1. The molecule has 2 aromatic rings. The van der Waals surface area contributed by atoms with Crippen molar-refractivity contribution in [3.8, 4) is 0 Å². The molecule has 1 aliphatic rings. The number of carboxylic acid groups (broad SMARTS) is 1. The zero-order chi connectivity index (χ0) is 17.3. The van der Waals surface area contributed by atoms with Gasteiger partial charge in [0.2, 0.25) is 0 Å². The van der Waals surface area contributed by atoms with Crippen LogP contribution in [0.25, 0.3) is 0 Å². The Hall–Kier alpha value is -2.40. The lowest BCUT2D eigenvalue weighted by Gasteiger charge is -2.34. The van der Waals surface area contributed by atoms with Crippen LogP contribution in [0.2, 0.25) is 0 Å². The third-order valence-corrected chi connectivity index (χ3v) is 4.69. The number of carbonyl (C=O) groups is 1. The average Bonchev–Trinajstić information content (AvgIpc) is 2.55. The van der Waals surface area contributed by atoms with Gasteiger partial charge in [-0.2, -0.15) is 0 Å². The van der Waals surface area contributed by atoms with E-state index in [1.54, 1.807) is 12.4 Å². The molecule has 0 saturated heterocycles. The molecule has 1 N–H and O–H groups in total. The molecule has 1 aromatic heterocycles. The number of allylic oxidation sites excluding steroid dienone is 3. The topological polar surface area (TPSA) is 53.4 Å². The molecule has 1 unspecified atom stereocenters. The summed E-state index contributed by atoms with van der Waals surface area (Å²) in [6.07, 6.45) is 5.43. The number of aliphatic carboxylic acids is 1. The highest BCUT2D eigenvalue weighted by Gasteiger charge is 2.31. The monoisotopic (exact) mass is 384 g/mol. The number of rotatable bonds is 3. The van der Waals surface area contributed by atoms with Crippen LogP contribution >= 0.6 is 15.9 Å². The van der Waals surface area contributed by atoms with Gasteiger partial charge in [-0.25, -0.2) is 4.79 Å². The van der Waals surface area contributed by atoms with E-state index in [9.17, 15) is 9.90 Å². The average molecular weight is 385 g/mol. The van der Waals surface area contributed by atoms with Crippen molar-refractivity contribution >= 4 is 27.6 Å². The maximum absolute atomic E-state index is 12.0. The van der Waals surface area contributed by atoms with E-state index >= 15 is 0 Å². The highest BCUT2D eigenvalue weighted by atomic mass is 79.9. The number of halogens is 1. The summed E-state index contributed by atoms with van der Waals surface area (Å²) in [5.41, 5.74) is 3.89. The Morgan fingerprint density at radius 2 is 1.92 bits per heavy atom. The summed E-state index contributed by atoms with van der Waals surface area (Å²) in [5.74, 6) is -1.18. The van der Waals surface area contributed by atoms with E-state index in [1.165, 1.54) is 0 Å². The van der Waals surface area contributed by atoms with Crippen molar-refractivity contribution in [2.24, 2.45) is 0 Å². The lowest BCUT2D eigenvalue weighted by atomic mass is 9.86. The maximum atomic E-state index is 12.0. The van der Waals surface area contributed by atoms with Gasteiger partial charge in [0, 0.05) is 28.0 Å². The molecule has 122 valence electrons. The molecule has 1 atom stereocenters. The summed E-state index contributed by atoms with van der Waals surface area (Å²) in [6.45, 7) is 3.83. The first-order chi connectivity index (χ1) is 11.5. The highest BCUT2D eigenvalue weighted by molar-refractivity contribution is 9.10. The van der Waals surface area contributed by atoms with Gasteiger partial charge in [-0.15, -0.1) is 0 Å². The highest BCUT2D eigenvalue weighted by Crippen LogP contribution is 2.38. The fraction of sp³-hybridized carbons (Fsp3) is 0.158. The zero-order valence-electron chi connectivity index (χ0n) is 13.4. The molecule has 2 heterocycles. The number of nitrogens with zero attached hydrogens (tertiary/aromatic N) is 2. The molecule has 0 bridgehead atoms.